The largest absolute Gasteiger partial charge is 0.353 e. The highest BCUT2D eigenvalue weighted by atomic mass is 16.2. The molecule has 15 heavy (non-hydrogen) atoms. The molecule has 0 aromatic rings. The minimum absolute atomic E-state index is 0.0574. The van der Waals surface area contributed by atoms with Crippen molar-refractivity contribution in [3.63, 3.8) is 0 Å². The molecule has 1 rings (SSSR count). The minimum Gasteiger partial charge on any atom is -0.353 e. The Balaban J connectivity index is 2.06. The van der Waals surface area contributed by atoms with E-state index in [0.717, 1.165) is 6.42 Å². The van der Waals surface area contributed by atoms with E-state index >= 15 is 0 Å². The molecule has 3 N–H and O–H groups in total. The SMILES string of the molecule is C=CCNCC(=O)NCC1CCC(=O)N1. The molecule has 0 radical (unpaired) electrons. The first kappa shape index (κ1) is 11.7. The lowest BCUT2D eigenvalue weighted by molar-refractivity contribution is -0.121. The van der Waals surface area contributed by atoms with E-state index < -0.39 is 0 Å². The van der Waals surface area contributed by atoms with Crippen LogP contribution in [0.2, 0.25) is 0 Å². The lowest BCUT2D eigenvalue weighted by atomic mass is 10.2. The highest BCUT2D eigenvalue weighted by Crippen LogP contribution is 2.04. The van der Waals surface area contributed by atoms with Gasteiger partial charge in [-0.3, -0.25) is 9.59 Å². The summed E-state index contributed by atoms with van der Waals surface area (Å²) in [5, 5.41) is 8.44. The maximum absolute atomic E-state index is 11.2. The molecular formula is C10H17N3O2. The van der Waals surface area contributed by atoms with Crippen LogP contribution in [0.5, 0.6) is 0 Å². The Morgan fingerprint density at radius 3 is 3.07 bits per heavy atom. The Morgan fingerprint density at radius 1 is 1.67 bits per heavy atom. The van der Waals surface area contributed by atoms with Crippen LogP contribution >= 0.6 is 0 Å². The summed E-state index contributed by atoms with van der Waals surface area (Å²) in [6.45, 7) is 4.95. The average Bonchev–Trinajstić information content (AvgIpc) is 2.62. The second-order valence-electron chi connectivity index (χ2n) is 3.53. The third-order valence-electron chi connectivity index (χ3n) is 2.20. The van der Waals surface area contributed by atoms with Crippen molar-refractivity contribution in [3.8, 4) is 0 Å². The first-order valence-corrected chi connectivity index (χ1v) is 5.10. The van der Waals surface area contributed by atoms with Crippen molar-refractivity contribution in [2.45, 2.75) is 18.9 Å². The summed E-state index contributed by atoms with van der Waals surface area (Å²) < 4.78 is 0. The van der Waals surface area contributed by atoms with Gasteiger partial charge in [-0.25, -0.2) is 0 Å². The zero-order valence-electron chi connectivity index (χ0n) is 8.71. The Hall–Kier alpha value is -1.36. The van der Waals surface area contributed by atoms with Gasteiger partial charge in [-0.05, 0) is 6.42 Å². The Bertz CT molecular complexity index is 253. The lowest BCUT2D eigenvalue weighted by Gasteiger charge is -2.11. The Morgan fingerprint density at radius 2 is 2.47 bits per heavy atom. The van der Waals surface area contributed by atoms with Crippen LogP contribution in [-0.4, -0.2) is 37.5 Å². The highest BCUT2D eigenvalue weighted by Gasteiger charge is 2.20. The molecule has 1 aliphatic rings. The maximum atomic E-state index is 11.2. The molecule has 2 amide bonds. The zero-order valence-corrected chi connectivity index (χ0v) is 8.71. The summed E-state index contributed by atoms with van der Waals surface area (Å²) in [6, 6.07) is 0.0980. The second kappa shape index (κ2) is 6.19. The third kappa shape index (κ3) is 4.60. The fourth-order valence-electron chi connectivity index (χ4n) is 1.42. The molecule has 1 fully saturated rings. The molecule has 1 heterocycles. The molecule has 0 aliphatic carbocycles. The van der Waals surface area contributed by atoms with E-state index in [9.17, 15) is 9.59 Å². The van der Waals surface area contributed by atoms with E-state index in [4.69, 9.17) is 0 Å². The molecule has 0 aromatic carbocycles. The molecule has 0 bridgehead atoms. The van der Waals surface area contributed by atoms with Gasteiger partial charge in [-0.1, -0.05) is 6.08 Å². The molecule has 0 spiro atoms. The molecule has 1 unspecified atom stereocenters. The summed E-state index contributed by atoms with van der Waals surface area (Å²) in [5.41, 5.74) is 0. The van der Waals surface area contributed by atoms with Gasteiger partial charge in [0.15, 0.2) is 0 Å². The Kier molecular flexibility index (Phi) is 4.83. The number of hydrogen-bond acceptors (Lipinski definition) is 3. The molecule has 5 nitrogen and oxygen atoms in total. The summed E-state index contributed by atoms with van der Waals surface area (Å²) >= 11 is 0. The number of amides is 2. The van der Waals surface area contributed by atoms with E-state index in [1.54, 1.807) is 6.08 Å². The van der Waals surface area contributed by atoms with E-state index in [-0.39, 0.29) is 24.4 Å². The van der Waals surface area contributed by atoms with E-state index in [1.165, 1.54) is 0 Å². The van der Waals surface area contributed by atoms with Crippen LogP contribution in [0.15, 0.2) is 12.7 Å². The van der Waals surface area contributed by atoms with Gasteiger partial charge in [0.1, 0.15) is 0 Å². The number of rotatable bonds is 6. The smallest absolute Gasteiger partial charge is 0.234 e. The second-order valence-corrected chi connectivity index (χ2v) is 3.53. The molecule has 1 saturated heterocycles. The summed E-state index contributed by atoms with van der Waals surface area (Å²) in [4.78, 5) is 22.1. The summed E-state index contributed by atoms with van der Waals surface area (Å²) in [7, 11) is 0. The van der Waals surface area contributed by atoms with Crippen molar-refractivity contribution in [2.24, 2.45) is 0 Å². The zero-order chi connectivity index (χ0) is 11.1. The fraction of sp³-hybridized carbons (Fsp3) is 0.600. The predicted molar refractivity (Wildman–Crippen MR) is 57.2 cm³/mol. The lowest BCUT2D eigenvalue weighted by Crippen LogP contribution is -2.41. The number of hydrogen-bond donors (Lipinski definition) is 3. The third-order valence-corrected chi connectivity index (χ3v) is 2.20. The van der Waals surface area contributed by atoms with Crippen LogP contribution < -0.4 is 16.0 Å². The number of carbonyl (C=O) groups is 2. The number of nitrogens with one attached hydrogen (secondary N) is 3. The van der Waals surface area contributed by atoms with Gasteiger partial charge < -0.3 is 16.0 Å². The van der Waals surface area contributed by atoms with Gasteiger partial charge in [0.2, 0.25) is 11.8 Å². The van der Waals surface area contributed by atoms with E-state index in [0.29, 0.717) is 19.5 Å². The minimum atomic E-state index is -0.0574. The molecule has 1 aliphatic heterocycles. The van der Waals surface area contributed by atoms with Crippen LogP contribution in [0.1, 0.15) is 12.8 Å². The first-order chi connectivity index (χ1) is 7.22. The van der Waals surface area contributed by atoms with Crippen molar-refractivity contribution in [3.05, 3.63) is 12.7 Å². The quantitative estimate of drug-likeness (QED) is 0.396. The van der Waals surface area contributed by atoms with Crippen molar-refractivity contribution in [1.29, 1.82) is 0 Å². The molecule has 1 atom stereocenters. The van der Waals surface area contributed by atoms with E-state index in [2.05, 4.69) is 22.5 Å². The average molecular weight is 211 g/mol. The van der Waals surface area contributed by atoms with Crippen LogP contribution in [0.4, 0.5) is 0 Å². The van der Waals surface area contributed by atoms with Crippen LogP contribution in [-0.2, 0) is 9.59 Å². The van der Waals surface area contributed by atoms with Crippen molar-refractivity contribution in [1.82, 2.24) is 16.0 Å². The monoisotopic (exact) mass is 211 g/mol. The van der Waals surface area contributed by atoms with Crippen molar-refractivity contribution >= 4 is 11.8 Å². The molecular weight excluding hydrogens is 194 g/mol. The van der Waals surface area contributed by atoms with Gasteiger partial charge in [0.05, 0.1) is 6.54 Å². The van der Waals surface area contributed by atoms with Crippen molar-refractivity contribution in [2.75, 3.05) is 19.6 Å². The fourth-order valence-corrected chi connectivity index (χ4v) is 1.42. The van der Waals surface area contributed by atoms with Gasteiger partial charge >= 0.3 is 0 Å². The normalized spacial score (nSPS) is 19.7. The topological polar surface area (TPSA) is 70.2 Å². The Labute approximate surface area is 89.3 Å². The van der Waals surface area contributed by atoms with Gasteiger partial charge in [0, 0.05) is 25.6 Å². The predicted octanol–water partition coefficient (Wildman–Crippen LogP) is -0.843. The molecule has 0 saturated carbocycles. The van der Waals surface area contributed by atoms with Gasteiger partial charge in [-0.15, -0.1) is 6.58 Å². The first-order valence-electron chi connectivity index (χ1n) is 5.10. The summed E-state index contributed by atoms with van der Waals surface area (Å²) in [6.07, 6.45) is 3.07. The summed E-state index contributed by atoms with van der Waals surface area (Å²) in [5.74, 6) is 0.0111. The van der Waals surface area contributed by atoms with Crippen LogP contribution in [0, 0.1) is 0 Å². The molecule has 84 valence electrons. The standard InChI is InChI=1S/C10H17N3O2/c1-2-5-11-7-10(15)12-6-8-3-4-9(14)13-8/h2,8,11H,1,3-7H2,(H,12,15)(H,13,14). The maximum Gasteiger partial charge on any atom is 0.234 e. The van der Waals surface area contributed by atoms with Gasteiger partial charge in [-0.2, -0.15) is 0 Å². The van der Waals surface area contributed by atoms with Crippen LogP contribution in [0.3, 0.4) is 0 Å². The van der Waals surface area contributed by atoms with Crippen molar-refractivity contribution < 1.29 is 9.59 Å². The molecule has 0 aromatic heterocycles. The van der Waals surface area contributed by atoms with Crippen LogP contribution in [0.25, 0.3) is 0 Å². The van der Waals surface area contributed by atoms with E-state index in [1.807, 2.05) is 0 Å². The molecule has 5 heteroatoms. The van der Waals surface area contributed by atoms with Gasteiger partial charge in [0.25, 0.3) is 0 Å². The highest BCUT2D eigenvalue weighted by molar-refractivity contribution is 5.79. The number of carbonyl (C=O) groups excluding carboxylic acids is 2.